The van der Waals surface area contributed by atoms with Gasteiger partial charge in [-0.1, -0.05) is 0 Å². The average molecular weight is 220 g/mol. The highest BCUT2D eigenvalue weighted by Gasteiger charge is 2.25. The Morgan fingerprint density at radius 3 is 2.36 bits per heavy atom. The van der Waals surface area contributed by atoms with Crippen molar-refractivity contribution >= 4 is 15.7 Å². The van der Waals surface area contributed by atoms with Gasteiger partial charge in [-0.05, 0) is 19.8 Å². The van der Waals surface area contributed by atoms with Crippen LogP contribution in [0.25, 0.3) is 0 Å². The average Bonchev–Trinajstić information content (AvgIpc) is 2.08. The molecule has 0 unspecified atom stereocenters. The summed E-state index contributed by atoms with van der Waals surface area (Å²) in [6, 6.07) is -0.290. The quantitative estimate of drug-likeness (QED) is 0.640. The fraction of sp³-hybridized carbons (Fsp3) is 0.875. The zero-order valence-electron chi connectivity index (χ0n) is 8.19. The standard InChI is InChI=1S/C8H16N2O3S/c1-6(8(9)11)10-7-2-4-14(12,13)5-3-7/h6-7,10H,2-5H2,1H3,(H2,9,11)/t6-/m0/s1. The van der Waals surface area contributed by atoms with Crippen molar-refractivity contribution in [2.75, 3.05) is 11.5 Å². The molecular weight excluding hydrogens is 204 g/mol. The van der Waals surface area contributed by atoms with Gasteiger partial charge in [0.15, 0.2) is 0 Å². The number of primary amides is 1. The largest absolute Gasteiger partial charge is 0.368 e. The Labute approximate surface area is 84.0 Å². The van der Waals surface area contributed by atoms with Crippen molar-refractivity contribution in [1.29, 1.82) is 0 Å². The molecule has 82 valence electrons. The van der Waals surface area contributed by atoms with Gasteiger partial charge >= 0.3 is 0 Å². The van der Waals surface area contributed by atoms with Crippen molar-refractivity contribution in [2.24, 2.45) is 5.73 Å². The second kappa shape index (κ2) is 4.27. The predicted octanol–water partition coefficient (Wildman–Crippen LogP) is -0.973. The van der Waals surface area contributed by atoms with Crippen LogP contribution in [0.1, 0.15) is 19.8 Å². The van der Waals surface area contributed by atoms with E-state index in [0.29, 0.717) is 12.8 Å². The summed E-state index contributed by atoms with van der Waals surface area (Å²) >= 11 is 0. The number of hydrogen-bond donors (Lipinski definition) is 2. The van der Waals surface area contributed by atoms with Gasteiger partial charge in [-0.2, -0.15) is 0 Å². The predicted molar refractivity (Wildman–Crippen MR) is 53.5 cm³/mol. The molecule has 1 heterocycles. The third kappa shape index (κ3) is 3.26. The first-order valence-corrected chi connectivity index (χ1v) is 6.48. The molecule has 0 bridgehead atoms. The maximum absolute atomic E-state index is 11.1. The highest BCUT2D eigenvalue weighted by Crippen LogP contribution is 2.12. The molecule has 0 spiro atoms. The van der Waals surface area contributed by atoms with E-state index in [1.165, 1.54) is 0 Å². The Bertz CT molecular complexity index is 299. The molecule has 0 saturated carbocycles. The Hall–Kier alpha value is -0.620. The fourth-order valence-electron chi connectivity index (χ4n) is 1.49. The fourth-order valence-corrected chi connectivity index (χ4v) is 2.98. The number of nitrogens with one attached hydrogen (secondary N) is 1. The maximum atomic E-state index is 11.1. The van der Waals surface area contributed by atoms with Gasteiger partial charge in [0, 0.05) is 6.04 Å². The highest BCUT2D eigenvalue weighted by molar-refractivity contribution is 7.91. The molecule has 3 N–H and O–H groups in total. The van der Waals surface area contributed by atoms with Crippen LogP contribution in [0.15, 0.2) is 0 Å². The van der Waals surface area contributed by atoms with Crippen LogP contribution in [0.4, 0.5) is 0 Å². The molecule has 5 nitrogen and oxygen atoms in total. The first kappa shape index (κ1) is 11.5. The van der Waals surface area contributed by atoms with E-state index in [-0.39, 0.29) is 23.6 Å². The number of amides is 1. The van der Waals surface area contributed by atoms with Crippen molar-refractivity contribution in [3.8, 4) is 0 Å². The Morgan fingerprint density at radius 1 is 1.43 bits per heavy atom. The molecule has 14 heavy (non-hydrogen) atoms. The summed E-state index contributed by atoms with van der Waals surface area (Å²) in [6.07, 6.45) is 1.14. The lowest BCUT2D eigenvalue weighted by molar-refractivity contribution is -0.119. The summed E-state index contributed by atoms with van der Waals surface area (Å²) in [7, 11) is -2.83. The molecular formula is C8H16N2O3S. The summed E-state index contributed by atoms with van der Waals surface area (Å²) < 4.78 is 22.2. The summed E-state index contributed by atoms with van der Waals surface area (Å²) in [5.41, 5.74) is 5.09. The molecule has 0 radical (unpaired) electrons. The molecule has 0 aromatic rings. The van der Waals surface area contributed by atoms with Crippen molar-refractivity contribution in [1.82, 2.24) is 5.32 Å². The van der Waals surface area contributed by atoms with Crippen molar-refractivity contribution in [3.63, 3.8) is 0 Å². The molecule has 0 aromatic heterocycles. The second-order valence-electron chi connectivity index (χ2n) is 3.72. The molecule has 6 heteroatoms. The third-order valence-corrected chi connectivity index (χ3v) is 4.18. The SMILES string of the molecule is C[C@H](NC1CCS(=O)(=O)CC1)C(N)=O. The number of sulfone groups is 1. The Balaban J connectivity index is 2.40. The minimum atomic E-state index is -2.83. The minimum absolute atomic E-state index is 0.0982. The van der Waals surface area contributed by atoms with Gasteiger partial charge < -0.3 is 11.1 Å². The summed E-state index contributed by atoms with van der Waals surface area (Å²) in [4.78, 5) is 10.7. The minimum Gasteiger partial charge on any atom is -0.368 e. The van der Waals surface area contributed by atoms with Crippen molar-refractivity contribution in [3.05, 3.63) is 0 Å². The molecule has 1 saturated heterocycles. The smallest absolute Gasteiger partial charge is 0.234 e. The van der Waals surface area contributed by atoms with E-state index in [0.717, 1.165) is 0 Å². The van der Waals surface area contributed by atoms with Gasteiger partial charge in [0.25, 0.3) is 0 Å². The third-order valence-electron chi connectivity index (χ3n) is 2.47. The first-order chi connectivity index (χ1) is 6.41. The van der Waals surface area contributed by atoms with Crippen LogP contribution in [0.2, 0.25) is 0 Å². The Kier molecular flexibility index (Phi) is 3.49. The van der Waals surface area contributed by atoms with E-state index in [9.17, 15) is 13.2 Å². The molecule has 1 amide bonds. The summed E-state index contributed by atoms with van der Waals surface area (Å²) in [5, 5.41) is 3.02. The maximum Gasteiger partial charge on any atom is 0.234 e. The number of carbonyl (C=O) groups is 1. The molecule has 0 aromatic carbocycles. The Morgan fingerprint density at radius 2 is 1.93 bits per heavy atom. The first-order valence-electron chi connectivity index (χ1n) is 4.66. The lowest BCUT2D eigenvalue weighted by atomic mass is 10.1. The zero-order valence-corrected chi connectivity index (χ0v) is 9.01. The van der Waals surface area contributed by atoms with E-state index in [2.05, 4.69) is 5.32 Å². The van der Waals surface area contributed by atoms with Crippen LogP contribution in [-0.4, -0.2) is 37.9 Å². The van der Waals surface area contributed by atoms with Gasteiger partial charge in [-0.3, -0.25) is 4.79 Å². The van der Waals surface area contributed by atoms with E-state index >= 15 is 0 Å². The lowest BCUT2D eigenvalue weighted by Crippen LogP contribution is -2.47. The van der Waals surface area contributed by atoms with Gasteiger partial charge in [0.05, 0.1) is 17.5 Å². The number of hydrogen-bond acceptors (Lipinski definition) is 4. The van der Waals surface area contributed by atoms with E-state index < -0.39 is 15.7 Å². The monoisotopic (exact) mass is 220 g/mol. The number of nitrogens with two attached hydrogens (primary N) is 1. The van der Waals surface area contributed by atoms with Crippen LogP contribution in [0.3, 0.4) is 0 Å². The normalized spacial score (nSPS) is 24.4. The zero-order chi connectivity index (χ0) is 10.8. The van der Waals surface area contributed by atoms with Crippen molar-refractivity contribution < 1.29 is 13.2 Å². The number of rotatable bonds is 3. The van der Waals surface area contributed by atoms with Crippen LogP contribution in [-0.2, 0) is 14.6 Å². The molecule has 1 fully saturated rings. The van der Waals surface area contributed by atoms with E-state index in [4.69, 9.17) is 5.73 Å². The van der Waals surface area contributed by atoms with Gasteiger partial charge in [-0.25, -0.2) is 8.42 Å². The van der Waals surface area contributed by atoms with Gasteiger partial charge in [0.1, 0.15) is 9.84 Å². The second-order valence-corrected chi connectivity index (χ2v) is 6.02. The summed E-state index contributed by atoms with van der Waals surface area (Å²) in [6.45, 7) is 1.69. The van der Waals surface area contributed by atoms with E-state index in [1.54, 1.807) is 6.92 Å². The van der Waals surface area contributed by atoms with Gasteiger partial charge in [-0.15, -0.1) is 0 Å². The molecule has 0 aliphatic carbocycles. The van der Waals surface area contributed by atoms with Gasteiger partial charge in [0.2, 0.25) is 5.91 Å². The van der Waals surface area contributed by atoms with Crippen LogP contribution >= 0.6 is 0 Å². The van der Waals surface area contributed by atoms with Crippen LogP contribution in [0, 0.1) is 0 Å². The van der Waals surface area contributed by atoms with Crippen LogP contribution < -0.4 is 11.1 Å². The number of carbonyl (C=O) groups excluding carboxylic acids is 1. The van der Waals surface area contributed by atoms with E-state index in [1.807, 2.05) is 0 Å². The molecule has 1 atom stereocenters. The molecule has 1 aliphatic rings. The molecule has 1 aliphatic heterocycles. The lowest BCUT2D eigenvalue weighted by Gasteiger charge is -2.25. The van der Waals surface area contributed by atoms with Crippen LogP contribution in [0.5, 0.6) is 0 Å². The molecule has 1 rings (SSSR count). The van der Waals surface area contributed by atoms with Crippen molar-refractivity contribution in [2.45, 2.75) is 31.8 Å². The summed E-state index contributed by atoms with van der Waals surface area (Å²) in [5.74, 6) is 0.00479. The topological polar surface area (TPSA) is 89.3 Å². The highest BCUT2D eigenvalue weighted by atomic mass is 32.2.